The first-order valence-electron chi connectivity index (χ1n) is 7.82. The quantitative estimate of drug-likeness (QED) is 0.613. The molecule has 3 heteroatoms. The van der Waals surface area contributed by atoms with Gasteiger partial charge in [-0.05, 0) is 49.1 Å². The van der Waals surface area contributed by atoms with Crippen molar-refractivity contribution in [2.75, 3.05) is 6.54 Å². The summed E-state index contributed by atoms with van der Waals surface area (Å²) in [5.74, 6) is 0.291. The maximum Gasteiger partial charge on any atom is 0.123 e. The molecule has 0 saturated heterocycles. The van der Waals surface area contributed by atoms with Crippen LogP contribution in [0.1, 0.15) is 64.5 Å². The summed E-state index contributed by atoms with van der Waals surface area (Å²) in [7, 11) is 0. The zero-order chi connectivity index (χ0) is 15.0. The molecule has 0 amide bonds. The van der Waals surface area contributed by atoms with Crippen molar-refractivity contribution in [1.82, 2.24) is 5.32 Å². The standard InChI is InChI=1S/C17H27ClFN/c1-4-7-8-13(6-3)17(20-11-5-2)15-12-14(19)9-10-16(15)18/h9-10,12-13,17,20H,4-8,11H2,1-3H3. The molecular formula is C17H27ClFN. The summed E-state index contributed by atoms with van der Waals surface area (Å²) in [6, 6.07) is 4.83. The van der Waals surface area contributed by atoms with Crippen molar-refractivity contribution in [2.24, 2.45) is 5.92 Å². The third-order valence-corrected chi connectivity index (χ3v) is 4.18. The molecule has 2 unspecified atom stereocenters. The smallest absolute Gasteiger partial charge is 0.123 e. The number of nitrogens with one attached hydrogen (secondary N) is 1. The highest BCUT2D eigenvalue weighted by atomic mass is 35.5. The molecule has 0 fully saturated rings. The maximum atomic E-state index is 13.6. The molecule has 1 nitrogen and oxygen atoms in total. The van der Waals surface area contributed by atoms with Gasteiger partial charge in [-0.15, -0.1) is 0 Å². The van der Waals surface area contributed by atoms with Gasteiger partial charge in [0.15, 0.2) is 0 Å². The molecule has 0 aromatic heterocycles. The molecule has 0 radical (unpaired) electrons. The fraction of sp³-hybridized carbons (Fsp3) is 0.647. The van der Waals surface area contributed by atoms with Crippen LogP contribution in [0.15, 0.2) is 18.2 Å². The lowest BCUT2D eigenvalue weighted by Gasteiger charge is -2.28. The number of rotatable bonds is 9. The molecular weight excluding hydrogens is 273 g/mol. The van der Waals surface area contributed by atoms with Gasteiger partial charge >= 0.3 is 0 Å². The minimum Gasteiger partial charge on any atom is -0.310 e. The summed E-state index contributed by atoms with van der Waals surface area (Å²) in [5.41, 5.74) is 0.906. The predicted octanol–water partition coefficient (Wildman–Crippen LogP) is 5.74. The number of hydrogen-bond acceptors (Lipinski definition) is 1. The molecule has 2 atom stereocenters. The fourth-order valence-electron chi connectivity index (χ4n) is 2.66. The van der Waals surface area contributed by atoms with Crippen LogP contribution in [0.2, 0.25) is 5.02 Å². The summed E-state index contributed by atoms with van der Waals surface area (Å²) in [4.78, 5) is 0. The van der Waals surface area contributed by atoms with E-state index in [4.69, 9.17) is 11.6 Å². The van der Waals surface area contributed by atoms with E-state index in [0.717, 1.165) is 31.4 Å². The van der Waals surface area contributed by atoms with Gasteiger partial charge < -0.3 is 5.32 Å². The number of benzene rings is 1. The summed E-state index contributed by atoms with van der Waals surface area (Å²) >= 11 is 6.30. The molecule has 114 valence electrons. The van der Waals surface area contributed by atoms with E-state index in [2.05, 4.69) is 26.1 Å². The largest absolute Gasteiger partial charge is 0.310 e. The molecule has 0 saturated carbocycles. The van der Waals surface area contributed by atoms with E-state index in [1.807, 2.05) is 0 Å². The Kier molecular flexibility index (Phi) is 8.16. The van der Waals surface area contributed by atoms with Crippen LogP contribution in [0, 0.1) is 11.7 Å². The summed E-state index contributed by atoms with van der Waals surface area (Å²) in [5, 5.41) is 4.22. The molecule has 0 spiro atoms. The lowest BCUT2D eigenvalue weighted by Crippen LogP contribution is -2.29. The van der Waals surface area contributed by atoms with Crippen molar-refractivity contribution in [3.05, 3.63) is 34.6 Å². The van der Waals surface area contributed by atoms with Crippen molar-refractivity contribution in [3.8, 4) is 0 Å². The molecule has 1 rings (SSSR count). The molecule has 20 heavy (non-hydrogen) atoms. The second-order valence-electron chi connectivity index (χ2n) is 5.41. The van der Waals surface area contributed by atoms with Crippen molar-refractivity contribution < 1.29 is 4.39 Å². The minimum absolute atomic E-state index is 0.148. The normalized spacial score (nSPS) is 14.2. The van der Waals surface area contributed by atoms with Crippen LogP contribution in [0.4, 0.5) is 4.39 Å². The van der Waals surface area contributed by atoms with E-state index in [-0.39, 0.29) is 11.9 Å². The van der Waals surface area contributed by atoms with E-state index in [1.165, 1.54) is 18.9 Å². The van der Waals surface area contributed by atoms with Crippen LogP contribution >= 0.6 is 11.6 Å². The molecule has 0 bridgehead atoms. The van der Waals surface area contributed by atoms with Crippen LogP contribution in [-0.2, 0) is 0 Å². The van der Waals surface area contributed by atoms with Gasteiger partial charge in [-0.2, -0.15) is 0 Å². The van der Waals surface area contributed by atoms with E-state index < -0.39 is 0 Å². The van der Waals surface area contributed by atoms with E-state index in [1.54, 1.807) is 12.1 Å². The Morgan fingerprint density at radius 1 is 1.20 bits per heavy atom. The number of unbranched alkanes of at least 4 members (excludes halogenated alkanes) is 1. The van der Waals surface area contributed by atoms with E-state index in [9.17, 15) is 4.39 Å². The van der Waals surface area contributed by atoms with Crippen molar-refractivity contribution in [3.63, 3.8) is 0 Å². The zero-order valence-corrected chi connectivity index (χ0v) is 13.6. The highest BCUT2D eigenvalue weighted by molar-refractivity contribution is 6.31. The Labute approximate surface area is 127 Å². The summed E-state index contributed by atoms with van der Waals surface area (Å²) in [6.07, 6.45) is 5.69. The highest BCUT2D eigenvalue weighted by Crippen LogP contribution is 2.33. The Hall–Kier alpha value is -0.600. The third kappa shape index (κ3) is 5.06. The van der Waals surface area contributed by atoms with Gasteiger partial charge in [0.05, 0.1) is 0 Å². The van der Waals surface area contributed by atoms with Gasteiger partial charge in [0, 0.05) is 11.1 Å². The average molecular weight is 300 g/mol. The van der Waals surface area contributed by atoms with Gasteiger partial charge in [-0.1, -0.05) is 51.6 Å². The lowest BCUT2D eigenvalue weighted by molar-refractivity contribution is 0.323. The first kappa shape index (κ1) is 17.5. The van der Waals surface area contributed by atoms with Gasteiger partial charge in [-0.25, -0.2) is 4.39 Å². The van der Waals surface area contributed by atoms with Gasteiger partial charge in [0.2, 0.25) is 0 Å². The van der Waals surface area contributed by atoms with E-state index in [0.29, 0.717) is 10.9 Å². The second-order valence-corrected chi connectivity index (χ2v) is 5.82. The average Bonchev–Trinajstić information content (AvgIpc) is 2.45. The minimum atomic E-state index is -0.210. The number of hydrogen-bond donors (Lipinski definition) is 1. The molecule has 1 aromatic carbocycles. The zero-order valence-electron chi connectivity index (χ0n) is 12.9. The Balaban J connectivity index is 2.99. The van der Waals surface area contributed by atoms with E-state index >= 15 is 0 Å². The topological polar surface area (TPSA) is 12.0 Å². The lowest BCUT2D eigenvalue weighted by atomic mass is 9.86. The van der Waals surface area contributed by atoms with Gasteiger partial charge in [-0.3, -0.25) is 0 Å². The van der Waals surface area contributed by atoms with Crippen LogP contribution < -0.4 is 5.32 Å². The second kappa shape index (κ2) is 9.36. The fourth-order valence-corrected chi connectivity index (χ4v) is 2.89. The molecule has 1 aromatic rings. The van der Waals surface area contributed by atoms with Crippen molar-refractivity contribution >= 4 is 11.6 Å². The van der Waals surface area contributed by atoms with Crippen LogP contribution in [0.3, 0.4) is 0 Å². The number of halogens is 2. The monoisotopic (exact) mass is 299 g/mol. The summed E-state index contributed by atoms with van der Waals surface area (Å²) in [6.45, 7) is 7.48. The van der Waals surface area contributed by atoms with Crippen molar-refractivity contribution in [1.29, 1.82) is 0 Å². The highest BCUT2D eigenvalue weighted by Gasteiger charge is 2.23. The SMILES string of the molecule is CCCCC(CC)C(NCCC)c1cc(F)ccc1Cl. The van der Waals surface area contributed by atoms with Gasteiger partial charge in [0.25, 0.3) is 0 Å². The molecule has 1 N–H and O–H groups in total. The Bertz CT molecular complexity index is 395. The van der Waals surface area contributed by atoms with Crippen LogP contribution in [-0.4, -0.2) is 6.54 Å². The molecule has 0 aliphatic carbocycles. The maximum absolute atomic E-state index is 13.6. The molecule has 0 aliphatic heterocycles. The van der Waals surface area contributed by atoms with Gasteiger partial charge in [0.1, 0.15) is 5.82 Å². The predicted molar refractivity (Wildman–Crippen MR) is 85.8 cm³/mol. The molecule has 0 aliphatic rings. The third-order valence-electron chi connectivity index (χ3n) is 3.83. The van der Waals surface area contributed by atoms with Crippen LogP contribution in [0.25, 0.3) is 0 Å². The molecule has 0 heterocycles. The van der Waals surface area contributed by atoms with Crippen LogP contribution in [0.5, 0.6) is 0 Å². The first-order valence-corrected chi connectivity index (χ1v) is 8.20. The Morgan fingerprint density at radius 3 is 2.55 bits per heavy atom. The van der Waals surface area contributed by atoms with Crippen molar-refractivity contribution in [2.45, 2.75) is 58.9 Å². The Morgan fingerprint density at radius 2 is 1.95 bits per heavy atom. The first-order chi connectivity index (χ1) is 9.63. The summed E-state index contributed by atoms with van der Waals surface area (Å²) < 4.78 is 13.6.